The van der Waals surface area contributed by atoms with Crippen LogP contribution >= 0.6 is 0 Å². The molecule has 1 atom stereocenters. The van der Waals surface area contributed by atoms with Gasteiger partial charge in [-0.15, -0.1) is 0 Å². The van der Waals surface area contributed by atoms with Crippen LogP contribution in [0.2, 0.25) is 0 Å². The Morgan fingerprint density at radius 1 is 1.31 bits per heavy atom. The topological polar surface area (TPSA) is 41.6 Å². The van der Waals surface area contributed by atoms with Gasteiger partial charge in [0.05, 0.1) is 6.61 Å². The van der Waals surface area contributed by atoms with Crippen LogP contribution in [0.25, 0.3) is 0 Å². The van der Waals surface area contributed by atoms with Crippen LogP contribution in [0.4, 0.5) is 0 Å². The summed E-state index contributed by atoms with van der Waals surface area (Å²) in [6, 6.07) is 1.08. The molecule has 0 aliphatic carbocycles. The molecule has 2 saturated heterocycles. The second kappa shape index (κ2) is 5.15. The zero-order chi connectivity index (χ0) is 11.5. The Bertz CT molecular complexity index is 247. The second-order valence-electron chi connectivity index (χ2n) is 5.08. The molecule has 1 unspecified atom stereocenters. The third-order valence-corrected chi connectivity index (χ3v) is 3.63. The van der Waals surface area contributed by atoms with Crippen molar-refractivity contribution in [2.45, 2.75) is 51.2 Å². The molecule has 0 amide bonds. The highest BCUT2D eigenvalue weighted by molar-refractivity contribution is 5.77. The van der Waals surface area contributed by atoms with Gasteiger partial charge in [-0.1, -0.05) is 0 Å². The molecule has 16 heavy (non-hydrogen) atoms. The summed E-state index contributed by atoms with van der Waals surface area (Å²) in [5, 5.41) is 3.43. The number of nitrogens with zero attached hydrogens (tertiary/aromatic N) is 1. The highest BCUT2D eigenvalue weighted by Gasteiger charge is 2.30. The van der Waals surface area contributed by atoms with E-state index in [2.05, 4.69) is 24.1 Å². The first-order valence-electron chi connectivity index (χ1n) is 6.33. The van der Waals surface area contributed by atoms with Crippen LogP contribution < -0.4 is 5.32 Å². The predicted molar refractivity (Wildman–Crippen MR) is 62.2 cm³/mol. The van der Waals surface area contributed by atoms with E-state index in [0.717, 1.165) is 32.4 Å². The number of rotatable bonds is 3. The summed E-state index contributed by atoms with van der Waals surface area (Å²) in [5.74, 6) is -0.0636. The minimum Gasteiger partial charge on any atom is -0.464 e. The Morgan fingerprint density at radius 2 is 2.00 bits per heavy atom. The van der Waals surface area contributed by atoms with Crippen molar-refractivity contribution in [2.75, 3.05) is 19.7 Å². The number of ether oxygens (including phenoxy) is 1. The van der Waals surface area contributed by atoms with Gasteiger partial charge in [-0.3, -0.25) is 4.79 Å². The van der Waals surface area contributed by atoms with Crippen molar-refractivity contribution < 1.29 is 9.53 Å². The lowest BCUT2D eigenvalue weighted by molar-refractivity contribution is -0.139. The van der Waals surface area contributed by atoms with Crippen LogP contribution in [0.5, 0.6) is 0 Å². The summed E-state index contributed by atoms with van der Waals surface area (Å²) in [6.07, 6.45) is 3.12. The van der Waals surface area contributed by atoms with Crippen LogP contribution in [0, 0.1) is 0 Å². The number of likely N-dealkylation sites (tertiary alicyclic amines) is 1. The van der Waals surface area contributed by atoms with E-state index in [4.69, 9.17) is 4.74 Å². The average molecular weight is 226 g/mol. The summed E-state index contributed by atoms with van der Waals surface area (Å²) in [5.41, 5.74) is 0. The van der Waals surface area contributed by atoms with E-state index < -0.39 is 0 Å². The van der Waals surface area contributed by atoms with Crippen LogP contribution in [0.15, 0.2) is 0 Å². The summed E-state index contributed by atoms with van der Waals surface area (Å²) in [6.45, 7) is 7.33. The maximum Gasteiger partial charge on any atom is 0.323 e. The van der Waals surface area contributed by atoms with Gasteiger partial charge < -0.3 is 15.0 Å². The number of esters is 1. The summed E-state index contributed by atoms with van der Waals surface area (Å²) in [7, 11) is 0. The second-order valence-corrected chi connectivity index (χ2v) is 5.08. The molecule has 92 valence electrons. The molecule has 4 heteroatoms. The zero-order valence-electron chi connectivity index (χ0n) is 10.2. The first-order chi connectivity index (χ1) is 7.66. The van der Waals surface area contributed by atoms with Gasteiger partial charge in [-0.2, -0.15) is 0 Å². The molecular formula is C12H22N2O2. The molecule has 0 aromatic heterocycles. The molecule has 4 nitrogen and oxygen atoms in total. The molecule has 2 aliphatic rings. The Labute approximate surface area is 97.3 Å². The number of cyclic esters (lactones) is 1. The average Bonchev–Trinajstić information content (AvgIpc) is 2.65. The molecule has 2 rings (SSSR count). The Morgan fingerprint density at radius 3 is 2.50 bits per heavy atom. The summed E-state index contributed by atoms with van der Waals surface area (Å²) >= 11 is 0. The molecule has 0 aromatic carbocycles. The number of nitrogens with one attached hydrogen (secondary N) is 1. The van der Waals surface area contributed by atoms with Crippen molar-refractivity contribution in [2.24, 2.45) is 0 Å². The highest BCUT2D eigenvalue weighted by Crippen LogP contribution is 2.15. The number of hydrogen-bond acceptors (Lipinski definition) is 4. The Kier molecular flexibility index (Phi) is 3.82. The van der Waals surface area contributed by atoms with Crippen molar-refractivity contribution in [1.29, 1.82) is 0 Å². The number of piperidine rings is 1. The maximum atomic E-state index is 11.3. The molecule has 0 spiro atoms. The van der Waals surface area contributed by atoms with Crippen LogP contribution in [0.3, 0.4) is 0 Å². The molecule has 0 radical (unpaired) electrons. The van der Waals surface area contributed by atoms with E-state index in [1.807, 2.05) is 0 Å². The minimum atomic E-state index is -0.0636. The standard InChI is InChI=1S/C12H22N2O2/c1-9(2)14-6-3-10(4-7-14)13-11-5-8-16-12(11)15/h9-11,13H,3-8H2,1-2H3. The van der Waals surface area contributed by atoms with Gasteiger partial charge in [0.2, 0.25) is 0 Å². The minimum absolute atomic E-state index is 0.0457. The van der Waals surface area contributed by atoms with Gasteiger partial charge in [-0.25, -0.2) is 0 Å². The fraction of sp³-hybridized carbons (Fsp3) is 0.917. The predicted octanol–water partition coefficient (Wildman–Crippen LogP) is 0.764. The molecule has 1 N–H and O–H groups in total. The van der Waals surface area contributed by atoms with E-state index in [1.165, 1.54) is 0 Å². The van der Waals surface area contributed by atoms with Gasteiger partial charge >= 0.3 is 5.97 Å². The van der Waals surface area contributed by atoms with Crippen molar-refractivity contribution in [1.82, 2.24) is 10.2 Å². The molecule has 2 fully saturated rings. The number of carbonyl (C=O) groups is 1. The van der Waals surface area contributed by atoms with Crippen LogP contribution in [-0.4, -0.2) is 48.7 Å². The molecule has 0 aromatic rings. The lowest BCUT2D eigenvalue weighted by Crippen LogP contribution is -2.48. The van der Waals surface area contributed by atoms with Gasteiger partial charge in [0.25, 0.3) is 0 Å². The maximum absolute atomic E-state index is 11.3. The molecule has 2 heterocycles. The van der Waals surface area contributed by atoms with Gasteiger partial charge in [0.15, 0.2) is 0 Å². The molecular weight excluding hydrogens is 204 g/mol. The summed E-state index contributed by atoms with van der Waals surface area (Å²) in [4.78, 5) is 13.8. The van der Waals surface area contributed by atoms with E-state index in [9.17, 15) is 4.79 Å². The normalized spacial score (nSPS) is 28.7. The molecule has 0 saturated carbocycles. The molecule has 2 aliphatic heterocycles. The fourth-order valence-electron chi connectivity index (χ4n) is 2.51. The van der Waals surface area contributed by atoms with Crippen molar-refractivity contribution >= 4 is 5.97 Å². The van der Waals surface area contributed by atoms with Crippen molar-refractivity contribution in [3.63, 3.8) is 0 Å². The van der Waals surface area contributed by atoms with Crippen LogP contribution in [-0.2, 0) is 9.53 Å². The van der Waals surface area contributed by atoms with Gasteiger partial charge in [0, 0.05) is 18.5 Å². The van der Waals surface area contributed by atoms with Gasteiger partial charge in [0.1, 0.15) is 6.04 Å². The summed E-state index contributed by atoms with van der Waals surface area (Å²) < 4.78 is 4.95. The molecule has 0 bridgehead atoms. The SMILES string of the molecule is CC(C)N1CCC(NC2CCOC2=O)CC1. The van der Waals surface area contributed by atoms with E-state index in [1.54, 1.807) is 0 Å². The monoisotopic (exact) mass is 226 g/mol. The van der Waals surface area contributed by atoms with Crippen molar-refractivity contribution in [3.05, 3.63) is 0 Å². The van der Waals surface area contributed by atoms with E-state index in [-0.39, 0.29) is 12.0 Å². The quantitative estimate of drug-likeness (QED) is 0.722. The number of hydrogen-bond donors (Lipinski definition) is 1. The first kappa shape index (κ1) is 11.9. The first-order valence-corrected chi connectivity index (χ1v) is 6.33. The third-order valence-electron chi connectivity index (χ3n) is 3.63. The van der Waals surface area contributed by atoms with Crippen LogP contribution in [0.1, 0.15) is 33.1 Å². The number of carbonyl (C=O) groups excluding carboxylic acids is 1. The zero-order valence-corrected chi connectivity index (χ0v) is 10.2. The van der Waals surface area contributed by atoms with E-state index in [0.29, 0.717) is 18.7 Å². The van der Waals surface area contributed by atoms with Crippen molar-refractivity contribution in [3.8, 4) is 0 Å². The lowest BCUT2D eigenvalue weighted by atomic mass is 10.0. The lowest BCUT2D eigenvalue weighted by Gasteiger charge is -2.35. The highest BCUT2D eigenvalue weighted by atomic mass is 16.5. The van der Waals surface area contributed by atoms with Gasteiger partial charge in [-0.05, 0) is 39.8 Å². The fourth-order valence-corrected chi connectivity index (χ4v) is 2.51. The smallest absolute Gasteiger partial charge is 0.323 e. The Balaban J connectivity index is 1.75. The third kappa shape index (κ3) is 2.74. The Hall–Kier alpha value is -0.610. The largest absolute Gasteiger partial charge is 0.464 e. The van der Waals surface area contributed by atoms with E-state index >= 15 is 0 Å².